The van der Waals surface area contributed by atoms with E-state index in [4.69, 9.17) is 15.7 Å². The van der Waals surface area contributed by atoms with Crippen LogP contribution in [0.2, 0.25) is 0 Å². The number of nitrogens with one attached hydrogen (secondary N) is 1. The smallest absolute Gasteiger partial charge is 0.215 e. The van der Waals surface area contributed by atoms with Gasteiger partial charge in [-0.1, -0.05) is 0 Å². The van der Waals surface area contributed by atoms with Crippen LogP contribution in [0.1, 0.15) is 5.56 Å². The minimum Gasteiger partial charge on any atom is -0.497 e. The van der Waals surface area contributed by atoms with E-state index in [9.17, 15) is 0 Å². The molecule has 92 valence electrons. The van der Waals surface area contributed by atoms with Crippen molar-refractivity contribution in [2.24, 2.45) is 20.8 Å². The third-order valence-corrected chi connectivity index (χ3v) is 1.82. The standard InChI is InChI=1S/C11H12N6O/c1-18-10-4-2-9(3-5-10)6-16-17-11(13)15-8-14-7-12/h2-6,8H,1H3,(H3,13,14,15,17)/b16-6+. The van der Waals surface area contributed by atoms with Crippen LogP contribution in [0.5, 0.6) is 5.75 Å². The molecule has 0 aliphatic heterocycles. The predicted molar refractivity (Wildman–Crippen MR) is 69.5 cm³/mol. The average molecular weight is 244 g/mol. The molecule has 0 aliphatic rings. The average Bonchev–Trinajstić information content (AvgIpc) is 2.40. The first-order chi connectivity index (χ1) is 8.76. The van der Waals surface area contributed by atoms with Crippen molar-refractivity contribution in [1.82, 2.24) is 5.43 Å². The highest BCUT2D eigenvalue weighted by atomic mass is 16.5. The summed E-state index contributed by atoms with van der Waals surface area (Å²) in [4.78, 5) is 6.81. The lowest BCUT2D eigenvalue weighted by molar-refractivity contribution is 0.415. The summed E-state index contributed by atoms with van der Waals surface area (Å²) in [5.74, 6) is 0.813. The van der Waals surface area contributed by atoms with Crippen molar-refractivity contribution in [2.75, 3.05) is 7.11 Å². The minimum absolute atomic E-state index is 0.0405. The Kier molecular flexibility index (Phi) is 5.42. The molecule has 18 heavy (non-hydrogen) atoms. The van der Waals surface area contributed by atoms with Gasteiger partial charge < -0.3 is 10.5 Å². The van der Waals surface area contributed by atoms with E-state index in [1.807, 2.05) is 24.3 Å². The van der Waals surface area contributed by atoms with Gasteiger partial charge in [0.25, 0.3) is 0 Å². The van der Waals surface area contributed by atoms with Crippen LogP contribution in [0.4, 0.5) is 0 Å². The highest BCUT2D eigenvalue weighted by Gasteiger charge is 1.90. The zero-order chi connectivity index (χ0) is 13.2. The number of guanidine groups is 1. The Morgan fingerprint density at radius 2 is 2.17 bits per heavy atom. The van der Waals surface area contributed by atoms with Crippen molar-refractivity contribution < 1.29 is 4.74 Å². The number of hydrogen-bond donors (Lipinski definition) is 2. The van der Waals surface area contributed by atoms with Crippen LogP contribution in [0.3, 0.4) is 0 Å². The summed E-state index contributed by atoms with van der Waals surface area (Å²) < 4.78 is 5.03. The summed E-state index contributed by atoms with van der Waals surface area (Å²) in [6.45, 7) is 0. The van der Waals surface area contributed by atoms with Crippen molar-refractivity contribution in [2.45, 2.75) is 0 Å². The topological polar surface area (TPSA) is 108 Å². The zero-order valence-electron chi connectivity index (χ0n) is 9.74. The number of benzene rings is 1. The van der Waals surface area contributed by atoms with Gasteiger partial charge in [0.2, 0.25) is 12.2 Å². The van der Waals surface area contributed by atoms with Gasteiger partial charge in [-0.15, -0.1) is 0 Å². The maximum absolute atomic E-state index is 8.13. The SMILES string of the molecule is COc1ccc(/C=N/NC(N)=NC=NC#N)cc1. The first-order valence-electron chi connectivity index (χ1n) is 4.93. The molecule has 0 amide bonds. The Morgan fingerprint density at radius 1 is 1.44 bits per heavy atom. The van der Waals surface area contributed by atoms with Crippen molar-refractivity contribution in [1.29, 1.82) is 5.26 Å². The summed E-state index contributed by atoms with van der Waals surface area (Å²) in [5, 5.41) is 12.0. The summed E-state index contributed by atoms with van der Waals surface area (Å²) in [7, 11) is 1.60. The number of rotatable bonds is 4. The van der Waals surface area contributed by atoms with Crippen LogP contribution >= 0.6 is 0 Å². The van der Waals surface area contributed by atoms with Crippen molar-refractivity contribution in [3.8, 4) is 11.9 Å². The number of nitriles is 1. The molecule has 1 rings (SSSR count). The molecule has 1 aromatic carbocycles. The van der Waals surface area contributed by atoms with Gasteiger partial charge >= 0.3 is 0 Å². The lowest BCUT2D eigenvalue weighted by Gasteiger charge is -1.99. The van der Waals surface area contributed by atoms with Gasteiger partial charge in [-0.25, -0.2) is 10.4 Å². The molecule has 0 spiro atoms. The van der Waals surface area contributed by atoms with Gasteiger partial charge in [0, 0.05) is 0 Å². The molecular weight excluding hydrogens is 232 g/mol. The van der Waals surface area contributed by atoms with Crippen LogP contribution < -0.4 is 15.9 Å². The Morgan fingerprint density at radius 3 is 2.78 bits per heavy atom. The Labute approximate surface area is 104 Å². The first kappa shape index (κ1) is 13.2. The van der Waals surface area contributed by atoms with Crippen LogP contribution in [0.25, 0.3) is 0 Å². The van der Waals surface area contributed by atoms with Crippen LogP contribution in [0, 0.1) is 11.5 Å². The molecule has 0 aliphatic carbocycles. The van der Waals surface area contributed by atoms with E-state index in [-0.39, 0.29) is 5.96 Å². The second kappa shape index (κ2) is 7.40. The van der Waals surface area contributed by atoms with Gasteiger partial charge in [-0.05, 0) is 29.8 Å². The molecule has 0 atom stereocenters. The molecule has 7 heteroatoms. The lowest BCUT2D eigenvalue weighted by atomic mass is 10.2. The fraction of sp³-hybridized carbons (Fsp3) is 0.0909. The highest BCUT2D eigenvalue weighted by molar-refractivity contribution is 5.87. The number of nitrogens with zero attached hydrogens (tertiary/aromatic N) is 4. The minimum atomic E-state index is 0.0405. The lowest BCUT2D eigenvalue weighted by Crippen LogP contribution is -2.27. The molecule has 0 saturated carbocycles. The molecule has 0 bridgehead atoms. The number of methoxy groups -OCH3 is 1. The molecule has 0 unspecified atom stereocenters. The summed E-state index contributed by atoms with van der Waals surface area (Å²) in [6.07, 6.45) is 4.15. The Balaban J connectivity index is 2.52. The third kappa shape index (κ3) is 4.76. The zero-order valence-corrected chi connectivity index (χ0v) is 9.74. The number of aliphatic imine (C=N–C) groups is 2. The molecule has 1 aromatic rings. The van der Waals surface area contributed by atoms with Crippen LogP contribution in [0.15, 0.2) is 39.4 Å². The van der Waals surface area contributed by atoms with Crippen LogP contribution in [-0.2, 0) is 0 Å². The van der Waals surface area contributed by atoms with E-state index in [1.54, 1.807) is 19.5 Å². The quantitative estimate of drug-likeness (QED) is 0.346. The first-order valence-corrected chi connectivity index (χ1v) is 4.93. The maximum Gasteiger partial charge on any atom is 0.215 e. The summed E-state index contributed by atoms with van der Waals surface area (Å²) >= 11 is 0. The fourth-order valence-electron chi connectivity index (χ4n) is 1.01. The van der Waals surface area contributed by atoms with Crippen LogP contribution in [-0.4, -0.2) is 25.6 Å². The van der Waals surface area contributed by atoms with E-state index in [0.717, 1.165) is 17.7 Å². The van der Waals surface area contributed by atoms with E-state index in [0.29, 0.717) is 0 Å². The highest BCUT2D eigenvalue weighted by Crippen LogP contribution is 2.09. The fourth-order valence-corrected chi connectivity index (χ4v) is 1.01. The monoisotopic (exact) mass is 244 g/mol. The Bertz CT molecular complexity index is 497. The molecule has 0 heterocycles. The van der Waals surface area contributed by atoms with E-state index >= 15 is 0 Å². The van der Waals surface area contributed by atoms with Gasteiger partial charge in [0.1, 0.15) is 12.1 Å². The van der Waals surface area contributed by atoms with Gasteiger partial charge in [-0.3, -0.25) is 0 Å². The normalized spacial score (nSPS) is 11.7. The Hall–Kier alpha value is -2.88. The molecular formula is C11H12N6O. The van der Waals surface area contributed by atoms with E-state index in [2.05, 4.69) is 20.5 Å². The molecule has 0 saturated heterocycles. The van der Waals surface area contributed by atoms with Crippen molar-refractivity contribution in [3.63, 3.8) is 0 Å². The maximum atomic E-state index is 8.13. The largest absolute Gasteiger partial charge is 0.497 e. The van der Waals surface area contributed by atoms with E-state index in [1.165, 1.54) is 0 Å². The molecule has 3 N–H and O–H groups in total. The predicted octanol–water partition coefficient (Wildman–Crippen LogP) is 0.443. The molecule has 0 aromatic heterocycles. The van der Waals surface area contributed by atoms with Crippen molar-refractivity contribution >= 4 is 18.5 Å². The van der Waals surface area contributed by atoms with E-state index < -0.39 is 0 Å². The second-order valence-corrected chi connectivity index (χ2v) is 3.00. The summed E-state index contributed by atoms with van der Waals surface area (Å²) in [6, 6.07) is 7.32. The van der Waals surface area contributed by atoms with Crippen molar-refractivity contribution in [3.05, 3.63) is 29.8 Å². The molecule has 0 fully saturated rings. The number of nitrogens with two attached hydrogens (primary N) is 1. The summed E-state index contributed by atoms with van der Waals surface area (Å²) in [5.41, 5.74) is 8.79. The van der Waals surface area contributed by atoms with Gasteiger partial charge in [0.05, 0.1) is 13.3 Å². The van der Waals surface area contributed by atoms with Gasteiger partial charge in [-0.2, -0.15) is 15.4 Å². The molecule has 7 nitrogen and oxygen atoms in total. The third-order valence-electron chi connectivity index (χ3n) is 1.82. The number of hydrogen-bond acceptors (Lipinski definition) is 4. The second-order valence-electron chi connectivity index (χ2n) is 3.00. The van der Waals surface area contributed by atoms with Gasteiger partial charge in [0.15, 0.2) is 0 Å². The molecule has 0 radical (unpaired) electrons. The number of hydrazone groups is 1. The number of ether oxygens (including phenoxy) is 1.